The first-order valence-corrected chi connectivity index (χ1v) is 7.88. The molecule has 96 valence electrons. The molecule has 0 amide bonds. The molecule has 2 aromatic heterocycles. The lowest BCUT2D eigenvalue weighted by Crippen LogP contribution is -2.13. The van der Waals surface area contributed by atoms with E-state index in [4.69, 9.17) is 0 Å². The van der Waals surface area contributed by atoms with Gasteiger partial charge in [-0.15, -0.1) is 11.3 Å². The van der Waals surface area contributed by atoms with Crippen molar-refractivity contribution < 1.29 is 4.79 Å². The third-order valence-electron chi connectivity index (χ3n) is 2.54. The van der Waals surface area contributed by atoms with Gasteiger partial charge in [-0.1, -0.05) is 13.8 Å². The van der Waals surface area contributed by atoms with Gasteiger partial charge >= 0.3 is 0 Å². The van der Waals surface area contributed by atoms with Crippen LogP contribution in [0.25, 0.3) is 0 Å². The molecule has 6 heteroatoms. The average molecular weight is 392 g/mol. The summed E-state index contributed by atoms with van der Waals surface area (Å²) >= 11 is 8.30. The highest BCUT2D eigenvalue weighted by molar-refractivity contribution is 9.12. The van der Waals surface area contributed by atoms with Gasteiger partial charge in [0.15, 0.2) is 5.78 Å². The summed E-state index contributed by atoms with van der Waals surface area (Å²) < 4.78 is 3.73. The van der Waals surface area contributed by atoms with Gasteiger partial charge < -0.3 is 4.57 Å². The fourth-order valence-corrected chi connectivity index (χ4v) is 4.58. The van der Waals surface area contributed by atoms with Crippen molar-refractivity contribution in [3.63, 3.8) is 0 Å². The van der Waals surface area contributed by atoms with E-state index in [0.717, 1.165) is 19.0 Å². The van der Waals surface area contributed by atoms with Crippen LogP contribution < -0.4 is 0 Å². The highest BCUT2D eigenvalue weighted by Crippen LogP contribution is 2.32. The zero-order valence-corrected chi connectivity index (χ0v) is 14.0. The number of aromatic nitrogens is 2. The fraction of sp³-hybridized carbons (Fsp3) is 0.333. The van der Waals surface area contributed by atoms with E-state index in [2.05, 4.69) is 50.7 Å². The number of hydrogen-bond acceptors (Lipinski definition) is 3. The summed E-state index contributed by atoms with van der Waals surface area (Å²) in [5, 5.41) is 0. The van der Waals surface area contributed by atoms with Crippen molar-refractivity contribution in [3.05, 3.63) is 37.4 Å². The molecule has 0 N–H and O–H groups in total. The number of ketones is 1. The van der Waals surface area contributed by atoms with Crippen LogP contribution in [-0.2, 0) is 6.54 Å². The molecule has 2 heterocycles. The van der Waals surface area contributed by atoms with Crippen molar-refractivity contribution in [1.29, 1.82) is 0 Å². The first-order chi connectivity index (χ1) is 8.49. The number of nitrogens with zero attached hydrogens (tertiary/aromatic N) is 2. The molecule has 0 aliphatic heterocycles. The van der Waals surface area contributed by atoms with Crippen LogP contribution in [-0.4, -0.2) is 15.3 Å². The molecule has 0 saturated heterocycles. The molecule has 0 aliphatic carbocycles. The molecule has 0 spiro atoms. The summed E-state index contributed by atoms with van der Waals surface area (Å²) in [7, 11) is 0. The second-order valence-corrected chi connectivity index (χ2v) is 7.98. The normalized spacial score (nSPS) is 11.2. The van der Waals surface area contributed by atoms with Gasteiger partial charge in [0.25, 0.3) is 0 Å². The van der Waals surface area contributed by atoms with Crippen molar-refractivity contribution in [2.75, 3.05) is 0 Å². The van der Waals surface area contributed by atoms with Gasteiger partial charge in [-0.2, -0.15) is 0 Å². The maximum atomic E-state index is 12.2. The molecule has 2 rings (SSSR count). The van der Waals surface area contributed by atoms with E-state index < -0.39 is 0 Å². The molecule has 0 atom stereocenters. The van der Waals surface area contributed by atoms with Gasteiger partial charge in [-0.05, 0) is 37.9 Å². The van der Waals surface area contributed by atoms with Crippen LogP contribution in [0.3, 0.4) is 0 Å². The minimum absolute atomic E-state index is 0.0868. The van der Waals surface area contributed by atoms with Crippen molar-refractivity contribution in [1.82, 2.24) is 9.55 Å². The summed E-state index contributed by atoms with van der Waals surface area (Å²) in [5.74, 6) is 1.34. The Labute approximate surface area is 126 Å². The number of thiophene rings is 1. The fourth-order valence-electron chi connectivity index (χ4n) is 1.73. The van der Waals surface area contributed by atoms with Crippen LogP contribution in [0.5, 0.6) is 0 Å². The van der Waals surface area contributed by atoms with Gasteiger partial charge in [-0.3, -0.25) is 4.79 Å². The second-order valence-electron chi connectivity index (χ2n) is 4.23. The molecule has 3 nitrogen and oxygen atoms in total. The zero-order valence-electron chi connectivity index (χ0n) is 9.98. The van der Waals surface area contributed by atoms with E-state index in [1.165, 1.54) is 11.3 Å². The lowest BCUT2D eigenvalue weighted by molar-refractivity contribution is 0.0970. The van der Waals surface area contributed by atoms with E-state index in [0.29, 0.717) is 12.5 Å². The predicted octanol–water partition coefficient (Wildman–Crippen LogP) is 4.48. The summed E-state index contributed by atoms with van der Waals surface area (Å²) in [4.78, 5) is 16.5. The Hall–Kier alpha value is -0.460. The van der Waals surface area contributed by atoms with Crippen LogP contribution in [0.2, 0.25) is 0 Å². The first kappa shape index (κ1) is 14.0. The lowest BCUT2D eigenvalue weighted by atomic mass is 10.2. The Balaban J connectivity index is 2.21. The molecule has 18 heavy (non-hydrogen) atoms. The molecule has 0 radical (unpaired) electrons. The largest absolute Gasteiger partial charge is 0.327 e. The lowest BCUT2D eigenvalue weighted by Gasteiger charge is -2.09. The molecule has 0 bridgehead atoms. The van der Waals surface area contributed by atoms with Crippen LogP contribution in [0.4, 0.5) is 0 Å². The molecule has 0 unspecified atom stereocenters. The maximum absolute atomic E-state index is 12.2. The second kappa shape index (κ2) is 5.67. The summed E-state index contributed by atoms with van der Waals surface area (Å²) in [5.41, 5.74) is 0.718. The topological polar surface area (TPSA) is 34.9 Å². The molecular weight excluding hydrogens is 380 g/mol. The Kier molecular flexibility index (Phi) is 4.40. The molecule has 0 aromatic carbocycles. The summed E-state index contributed by atoms with van der Waals surface area (Å²) in [6, 6.07) is 1.85. The smallest absolute Gasteiger partial charge is 0.184 e. The number of carbonyl (C=O) groups excluding carboxylic acids is 1. The van der Waals surface area contributed by atoms with E-state index in [9.17, 15) is 4.79 Å². The Morgan fingerprint density at radius 1 is 1.50 bits per heavy atom. The monoisotopic (exact) mass is 390 g/mol. The van der Waals surface area contributed by atoms with Crippen molar-refractivity contribution in [2.24, 2.45) is 0 Å². The van der Waals surface area contributed by atoms with Crippen molar-refractivity contribution >= 4 is 49.0 Å². The number of halogens is 2. The van der Waals surface area contributed by atoms with Gasteiger partial charge in [-0.25, -0.2) is 4.98 Å². The number of carbonyl (C=O) groups is 1. The van der Waals surface area contributed by atoms with Crippen LogP contribution in [0.1, 0.15) is 35.9 Å². The molecule has 0 aliphatic rings. The molecular formula is C12H12Br2N2OS. The van der Waals surface area contributed by atoms with E-state index in [1.807, 2.05) is 16.8 Å². The molecule has 2 aromatic rings. The third-order valence-corrected chi connectivity index (χ3v) is 4.87. The maximum Gasteiger partial charge on any atom is 0.184 e. The van der Waals surface area contributed by atoms with Crippen LogP contribution >= 0.6 is 43.2 Å². The van der Waals surface area contributed by atoms with Gasteiger partial charge in [0.05, 0.1) is 14.1 Å². The quantitative estimate of drug-likeness (QED) is 0.720. The molecule has 0 fully saturated rings. The van der Waals surface area contributed by atoms with E-state index >= 15 is 0 Å². The van der Waals surface area contributed by atoms with E-state index in [1.54, 1.807) is 6.20 Å². The first-order valence-electron chi connectivity index (χ1n) is 5.48. The van der Waals surface area contributed by atoms with Crippen molar-refractivity contribution in [2.45, 2.75) is 26.3 Å². The van der Waals surface area contributed by atoms with Gasteiger partial charge in [0, 0.05) is 23.9 Å². The number of imidazole rings is 1. The minimum atomic E-state index is 0.0868. The zero-order chi connectivity index (χ0) is 13.3. The predicted molar refractivity (Wildman–Crippen MR) is 80.4 cm³/mol. The Bertz CT molecular complexity index is 574. The van der Waals surface area contributed by atoms with Crippen LogP contribution in [0, 0.1) is 0 Å². The van der Waals surface area contributed by atoms with Gasteiger partial charge in [0.2, 0.25) is 0 Å². The Morgan fingerprint density at radius 2 is 2.22 bits per heavy atom. The average Bonchev–Trinajstić information content (AvgIpc) is 2.85. The van der Waals surface area contributed by atoms with Crippen LogP contribution in [0.15, 0.2) is 26.0 Å². The number of rotatable bonds is 4. The summed E-state index contributed by atoms with van der Waals surface area (Å²) in [6.07, 6.45) is 3.59. The Morgan fingerprint density at radius 3 is 2.78 bits per heavy atom. The third kappa shape index (κ3) is 2.92. The highest BCUT2D eigenvalue weighted by atomic mass is 79.9. The van der Waals surface area contributed by atoms with Gasteiger partial charge in [0.1, 0.15) is 5.82 Å². The SMILES string of the molecule is CC(C)c1nccn1CC(=O)c1cc(Br)sc1Br. The minimum Gasteiger partial charge on any atom is -0.327 e. The van der Waals surface area contributed by atoms with Crippen molar-refractivity contribution in [3.8, 4) is 0 Å². The highest BCUT2D eigenvalue weighted by Gasteiger charge is 2.16. The number of hydrogen-bond donors (Lipinski definition) is 0. The standard InChI is InChI=1S/C12H12Br2N2OS/c1-7(2)12-15-3-4-16(12)6-9(17)8-5-10(13)18-11(8)14/h3-5,7H,6H2,1-2H3. The molecule has 0 saturated carbocycles. The number of Topliss-reactive ketones (excluding diaryl/α,β-unsaturated/α-hetero) is 1. The van der Waals surface area contributed by atoms with E-state index in [-0.39, 0.29) is 5.78 Å². The summed E-state index contributed by atoms with van der Waals surface area (Å²) in [6.45, 7) is 4.47.